The van der Waals surface area contributed by atoms with E-state index in [2.05, 4.69) is 10.3 Å². The van der Waals surface area contributed by atoms with E-state index in [0.717, 1.165) is 15.3 Å². The molecule has 3 aromatic rings. The highest BCUT2D eigenvalue weighted by atomic mass is 32.1. The monoisotopic (exact) mass is 357 g/mol. The topological polar surface area (TPSA) is 84.2 Å². The Morgan fingerprint density at radius 2 is 2.04 bits per heavy atom. The molecule has 0 aliphatic heterocycles. The van der Waals surface area contributed by atoms with Crippen LogP contribution >= 0.6 is 11.3 Å². The third-order valence-corrected chi connectivity index (χ3v) is 5.26. The van der Waals surface area contributed by atoms with Crippen LogP contribution in [-0.4, -0.2) is 32.6 Å². The Bertz CT molecular complexity index is 902. The Kier molecular flexibility index (Phi) is 4.85. The molecule has 0 saturated carbocycles. The zero-order valence-electron chi connectivity index (χ0n) is 14.0. The summed E-state index contributed by atoms with van der Waals surface area (Å²) in [5.74, 6) is -1.55. The van der Waals surface area contributed by atoms with Gasteiger partial charge < -0.3 is 15.0 Å². The average Bonchev–Trinajstić information content (AvgIpc) is 3.26. The number of thiazole rings is 1. The summed E-state index contributed by atoms with van der Waals surface area (Å²) in [4.78, 5) is 28.4. The van der Waals surface area contributed by atoms with Gasteiger partial charge in [-0.2, -0.15) is 0 Å². The molecule has 25 heavy (non-hydrogen) atoms. The number of aliphatic carboxylic acids is 1. The fourth-order valence-corrected chi connectivity index (χ4v) is 3.51. The van der Waals surface area contributed by atoms with Gasteiger partial charge in [-0.25, -0.2) is 9.78 Å². The van der Waals surface area contributed by atoms with E-state index in [0.29, 0.717) is 12.0 Å². The van der Waals surface area contributed by atoms with Crippen molar-refractivity contribution in [2.75, 3.05) is 0 Å². The number of fused-ring (bicyclic) bond motifs is 1. The van der Waals surface area contributed by atoms with Gasteiger partial charge in [0.05, 0.1) is 10.2 Å². The molecule has 2 aromatic heterocycles. The zero-order valence-corrected chi connectivity index (χ0v) is 14.8. The fraction of sp³-hybridized carbons (Fsp3) is 0.278. The van der Waals surface area contributed by atoms with Crippen molar-refractivity contribution in [1.82, 2.24) is 14.9 Å². The zero-order chi connectivity index (χ0) is 18.0. The minimum absolute atomic E-state index is 0.145. The van der Waals surface area contributed by atoms with Gasteiger partial charge in [-0.3, -0.25) is 4.79 Å². The highest BCUT2D eigenvalue weighted by Gasteiger charge is 2.25. The van der Waals surface area contributed by atoms with Crippen molar-refractivity contribution < 1.29 is 14.7 Å². The first-order valence-electron chi connectivity index (χ1n) is 8.07. The Hall–Kier alpha value is -2.67. The minimum atomic E-state index is -1.02. The van der Waals surface area contributed by atoms with Gasteiger partial charge in [0.25, 0.3) is 5.91 Å². The molecule has 2 atom stereocenters. The van der Waals surface area contributed by atoms with E-state index in [9.17, 15) is 14.7 Å². The third-order valence-electron chi connectivity index (χ3n) is 4.23. The first kappa shape index (κ1) is 17.2. The van der Waals surface area contributed by atoms with Crippen LogP contribution in [0.25, 0.3) is 15.3 Å². The van der Waals surface area contributed by atoms with Gasteiger partial charge in [0.1, 0.15) is 6.04 Å². The predicted octanol–water partition coefficient (Wildman–Crippen LogP) is 3.32. The highest BCUT2D eigenvalue weighted by Crippen LogP contribution is 2.26. The largest absolute Gasteiger partial charge is 0.480 e. The highest BCUT2D eigenvalue weighted by molar-refractivity contribution is 7.20. The molecule has 2 N–H and O–H groups in total. The number of hydrogen-bond donors (Lipinski definition) is 2. The van der Waals surface area contributed by atoms with Gasteiger partial charge >= 0.3 is 5.97 Å². The van der Waals surface area contributed by atoms with Gasteiger partial charge in [-0.1, -0.05) is 31.6 Å². The maximum Gasteiger partial charge on any atom is 0.326 e. The summed E-state index contributed by atoms with van der Waals surface area (Å²) in [7, 11) is 0. The lowest BCUT2D eigenvalue weighted by molar-refractivity contribution is -0.140. The van der Waals surface area contributed by atoms with Crippen molar-refractivity contribution in [3.8, 4) is 5.13 Å². The summed E-state index contributed by atoms with van der Waals surface area (Å²) in [5.41, 5.74) is 1.24. The number of nitrogens with zero attached hydrogens (tertiary/aromatic N) is 2. The SMILES string of the molecule is CCC(C)C(NC(=O)c1ccc2nc(-n3cccc3)sc2c1)C(=O)O. The molecule has 0 fully saturated rings. The molecule has 6 nitrogen and oxygen atoms in total. The third kappa shape index (κ3) is 3.56. The second-order valence-corrected chi connectivity index (χ2v) is 6.95. The number of rotatable bonds is 6. The van der Waals surface area contributed by atoms with Crippen LogP contribution in [0.4, 0.5) is 0 Å². The van der Waals surface area contributed by atoms with E-state index in [1.54, 1.807) is 18.2 Å². The van der Waals surface area contributed by atoms with Gasteiger partial charge in [0.15, 0.2) is 5.13 Å². The molecule has 0 bridgehead atoms. The number of carboxylic acids is 1. The second kappa shape index (κ2) is 7.06. The Balaban J connectivity index is 1.85. The lowest BCUT2D eigenvalue weighted by Crippen LogP contribution is -2.45. The number of carboxylic acid groups (broad SMARTS) is 1. The van der Waals surface area contributed by atoms with Crippen LogP contribution in [-0.2, 0) is 4.79 Å². The van der Waals surface area contributed by atoms with Gasteiger partial charge in [0, 0.05) is 18.0 Å². The van der Waals surface area contributed by atoms with Crippen molar-refractivity contribution in [2.45, 2.75) is 26.3 Å². The van der Waals surface area contributed by atoms with Crippen molar-refractivity contribution in [3.05, 3.63) is 48.3 Å². The smallest absolute Gasteiger partial charge is 0.326 e. The average molecular weight is 357 g/mol. The van der Waals surface area contributed by atoms with E-state index in [-0.39, 0.29) is 11.8 Å². The van der Waals surface area contributed by atoms with E-state index in [1.165, 1.54) is 11.3 Å². The standard InChI is InChI=1S/C18H19N3O3S/c1-3-11(2)15(17(23)24)20-16(22)12-6-7-13-14(10-12)25-18(19-13)21-8-4-5-9-21/h4-11,15H,3H2,1-2H3,(H,20,22)(H,23,24). The number of amides is 1. The molecule has 0 aliphatic carbocycles. The van der Waals surface area contributed by atoms with Crippen LogP contribution in [0.15, 0.2) is 42.7 Å². The van der Waals surface area contributed by atoms with Crippen molar-refractivity contribution >= 4 is 33.4 Å². The summed E-state index contributed by atoms with van der Waals surface area (Å²) < 4.78 is 2.79. The van der Waals surface area contributed by atoms with E-state index in [1.807, 2.05) is 42.9 Å². The molecular weight excluding hydrogens is 338 g/mol. The number of nitrogens with one attached hydrogen (secondary N) is 1. The molecule has 3 rings (SSSR count). The molecule has 7 heteroatoms. The van der Waals surface area contributed by atoms with E-state index >= 15 is 0 Å². The second-order valence-electron chi connectivity index (χ2n) is 5.94. The molecule has 0 saturated heterocycles. The van der Waals surface area contributed by atoms with Gasteiger partial charge in [-0.05, 0) is 36.2 Å². The van der Waals surface area contributed by atoms with Crippen molar-refractivity contribution in [1.29, 1.82) is 0 Å². The maximum atomic E-state index is 12.5. The molecule has 0 radical (unpaired) electrons. The van der Waals surface area contributed by atoms with Crippen LogP contribution in [0.3, 0.4) is 0 Å². The van der Waals surface area contributed by atoms with Crippen LogP contribution in [0.2, 0.25) is 0 Å². The first-order chi connectivity index (χ1) is 12.0. The normalized spacial score (nSPS) is 13.5. The lowest BCUT2D eigenvalue weighted by Gasteiger charge is -2.20. The van der Waals surface area contributed by atoms with Crippen molar-refractivity contribution in [2.24, 2.45) is 5.92 Å². The van der Waals surface area contributed by atoms with E-state index in [4.69, 9.17) is 0 Å². The summed E-state index contributed by atoms with van der Waals surface area (Å²) in [6.45, 7) is 3.72. The van der Waals surface area contributed by atoms with E-state index < -0.39 is 12.0 Å². The number of hydrogen-bond acceptors (Lipinski definition) is 4. The number of carbonyl (C=O) groups is 2. The molecule has 0 spiro atoms. The van der Waals surface area contributed by atoms with Crippen LogP contribution in [0.5, 0.6) is 0 Å². The fourth-order valence-electron chi connectivity index (χ4n) is 2.53. The van der Waals surface area contributed by atoms with Crippen LogP contribution in [0.1, 0.15) is 30.6 Å². The molecule has 2 unspecified atom stereocenters. The molecule has 1 aromatic carbocycles. The van der Waals surface area contributed by atoms with Crippen molar-refractivity contribution in [3.63, 3.8) is 0 Å². The first-order valence-corrected chi connectivity index (χ1v) is 8.89. The molecule has 130 valence electrons. The summed E-state index contributed by atoms with van der Waals surface area (Å²) >= 11 is 1.48. The lowest BCUT2D eigenvalue weighted by atomic mass is 9.99. The Morgan fingerprint density at radius 3 is 2.68 bits per heavy atom. The quantitative estimate of drug-likeness (QED) is 0.709. The maximum absolute atomic E-state index is 12.5. The summed E-state index contributed by atoms with van der Waals surface area (Å²) in [5, 5.41) is 12.8. The summed E-state index contributed by atoms with van der Waals surface area (Å²) in [6.07, 6.45) is 4.50. The Labute approximate surface area is 149 Å². The van der Waals surface area contributed by atoms with Crippen LogP contribution in [0, 0.1) is 5.92 Å². The Morgan fingerprint density at radius 1 is 1.32 bits per heavy atom. The number of aromatic nitrogens is 2. The number of carbonyl (C=O) groups excluding carboxylic acids is 1. The van der Waals surface area contributed by atoms with Crippen LogP contribution < -0.4 is 5.32 Å². The predicted molar refractivity (Wildman–Crippen MR) is 97.3 cm³/mol. The molecule has 2 heterocycles. The number of benzene rings is 1. The van der Waals surface area contributed by atoms with Gasteiger partial charge in [0.2, 0.25) is 0 Å². The minimum Gasteiger partial charge on any atom is -0.480 e. The molecule has 0 aliphatic rings. The molecule has 1 amide bonds. The van der Waals surface area contributed by atoms with Gasteiger partial charge in [-0.15, -0.1) is 0 Å². The summed E-state index contributed by atoms with van der Waals surface area (Å²) in [6, 6.07) is 8.16. The molecular formula is C18H19N3O3S.